The van der Waals surface area contributed by atoms with Gasteiger partial charge in [-0.25, -0.2) is 9.78 Å². The molecule has 4 aliphatic rings. The lowest BCUT2D eigenvalue weighted by Crippen LogP contribution is -2.55. The third-order valence-corrected chi connectivity index (χ3v) is 9.62. The summed E-state index contributed by atoms with van der Waals surface area (Å²) in [4.78, 5) is 42.2. The number of fused-ring (bicyclic) bond motifs is 2. The Morgan fingerprint density at radius 2 is 1.91 bits per heavy atom. The van der Waals surface area contributed by atoms with Crippen LogP contribution in [0.5, 0.6) is 5.88 Å². The van der Waals surface area contributed by atoms with Crippen LogP contribution in [0, 0.1) is 0 Å². The maximum Gasteiger partial charge on any atom is 0.410 e. The molecular formula is C32H46N6O5. The molecule has 2 saturated heterocycles. The van der Waals surface area contributed by atoms with E-state index in [1.54, 1.807) is 4.90 Å². The number of nitrogens with zero attached hydrogens (tertiary/aromatic N) is 6. The number of ketones is 1. The number of rotatable bonds is 5. The van der Waals surface area contributed by atoms with Crippen molar-refractivity contribution < 1.29 is 23.6 Å². The summed E-state index contributed by atoms with van der Waals surface area (Å²) in [6, 6.07) is 2.17. The molecule has 2 aliphatic carbocycles. The number of ether oxygens (including phenoxy) is 2. The fourth-order valence-electron chi connectivity index (χ4n) is 7.25. The first-order chi connectivity index (χ1) is 20.5. The van der Waals surface area contributed by atoms with Crippen LogP contribution in [0.1, 0.15) is 90.4 Å². The largest absolute Gasteiger partial charge is 0.476 e. The van der Waals surface area contributed by atoms with Crippen LogP contribution in [-0.4, -0.2) is 94.3 Å². The first kappa shape index (κ1) is 29.8. The van der Waals surface area contributed by atoms with E-state index in [4.69, 9.17) is 24.0 Å². The first-order valence-corrected chi connectivity index (χ1v) is 16.0. The zero-order valence-corrected chi connectivity index (χ0v) is 26.4. The van der Waals surface area contributed by atoms with Gasteiger partial charge < -0.3 is 28.7 Å². The highest BCUT2D eigenvalue weighted by atomic mass is 16.6. The van der Waals surface area contributed by atoms with Crippen LogP contribution >= 0.6 is 0 Å². The molecule has 1 spiro atoms. The van der Waals surface area contributed by atoms with Crippen LogP contribution in [0.2, 0.25) is 0 Å². The smallest absolute Gasteiger partial charge is 0.410 e. The van der Waals surface area contributed by atoms with Crippen LogP contribution < -0.4 is 9.64 Å². The lowest BCUT2D eigenvalue weighted by Gasteiger charge is -2.40. The maximum absolute atomic E-state index is 13.2. The molecule has 3 fully saturated rings. The molecule has 0 aromatic carbocycles. The standard InChI is InChI=1S/C32H46N6O5/c1-21-19-37(16-17-38(21)30(40)42-31(2,3)4)25-18-26(41-20-22-10-9-15-36(22)5)34-29(33-25)27-23-11-8-14-32(28(23)43-35-27)13-7-6-12-24(32)39/h18,21-22H,6-17,19-20H2,1-5H3/t21-,22+,32-/m1/s1. The number of hydrogen-bond acceptors (Lipinski definition) is 10. The molecule has 2 aliphatic heterocycles. The fourth-order valence-corrected chi connectivity index (χ4v) is 7.25. The van der Waals surface area contributed by atoms with E-state index in [9.17, 15) is 9.59 Å². The molecule has 0 N–H and O–H groups in total. The number of anilines is 1. The molecule has 4 heterocycles. The van der Waals surface area contributed by atoms with Gasteiger partial charge in [-0.3, -0.25) is 4.79 Å². The van der Waals surface area contributed by atoms with Gasteiger partial charge >= 0.3 is 6.09 Å². The van der Waals surface area contributed by atoms with Crippen molar-refractivity contribution in [3.05, 3.63) is 17.4 Å². The predicted molar refractivity (Wildman–Crippen MR) is 161 cm³/mol. The van der Waals surface area contributed by atoms with E-state index in [0.29, 0.717) is 56.1 Å². The van der Waals surface area contributed by atoms with Gasteiger partial charge in [0.1, 0.15) is 23.8 Å². The number of hydrogen-bond donors (Lipinski definition) is 0. The van der Waals surface area contributed by atoms with Gasteiger partial charge in [0.2, 0.25) is 5.88 Å². The Morgan fingerprint density at radius 3 is 2.63 bits per heavy atom. The Hall–Kier alpha value is -3.21. The zero-order chi connectivity index (χ0) is 30.4. The number of aromatic nitrogens is 3. The van der Waals surface area contributed by atoms with Crippen molar-refractivity contribution >= 4 is 17.7 Å². The average molecular weight is 595 g/mol. The summed E-state index contributed by atoms with van der Waals surface area (Å²) in [6.45, 7) is 11.0. The van der Waals surface area contributed by atoms with Crippen LogP contribution in [0.25, 0.3) is 11.5 Å². The van der Waals surface area contributed by atoms with E-state index in [1.165, 1.54) is 0 Å². The molecule has 1 amide bonds. The topological polar surface area (TPSA) is 114 Å². The summed E-state index contributed by atoms with van der Waals surface area (Å²) in [6.07, 6.45) is 7.85. The van der Waals surface area contributed by atoms with Gasteiger partial charge in [-0.2, -0.15) is 4.98 Å². The van der Waals surface area contributed by atoms with E-state index >= 15 is 0 Å². The number of amides is 1. The highest BCUT2D eigenvalue weighted by molar-refractivity contribution is 5.91. The molecule has 11 nitrogen and oxygen atoms in total. The van der Waals surface area contributed by atoms with Crippen LogP contribution in [-0.2, 0) is 21.4 Å². The van der Waals surface area contributed by atoms with Crippen molar-refractivity contribution in [2.24, 2.45) is 0 Å². The Bertz CT molecular complexity index is 1350. The molecule has 43 heavy (non-hydrogen) atoms. The molecule has 0 bridgehead atoms. The SMILES string of the molecule is C[C@@H]1CN(c2cc(OC[C@@H]3CCCN3C)nc(-c3noc4c3CCC[C@@]43CCCCC3=O)n2)CCN1C(=O)OC(C)(C)C. The van der Waals surface area contributed by atoms with Gasteiger partial charge in [-0.1, -0.05) is 11.6 Å². The minimum absolute atomic E-state index is 0.0736. The summed E-state index contributed by atoms with van der Waals surface area (Å²) in [5.74, 6) is 2.69. The molecule has 3 atom stereocenters. The van der Waals surface area contributed by atoms with Crippen molar-refractivity contribution in [2.45, 2.75) is 109 Å². The van der Waals surface area contributed by atoms with Gasteiger partial charge in [0.05, 0.1) is 5.41 Å². The minimum Gasteiger partial charge on any atom is -0.476 e. The van der Waals surface area contributed by atoms with Crippen LogP contribution in [0.3, 0.4) is 0 Å². The van der Waals surface area contributed by atoms with E-state index < -0.39 is 11.0 Å². The van der Waals surface area contributed by atoms with Gasteiger partial charge in [0.25, 0.3) is 0 Å². The Labute approximate surface area is 254 Å². The molecule has 11 heteroatoms. The van der Waals surface area contributed by atoms with Crippen molar-refractivity contribution in [3.8, 4) is 17.4 Å². The summed E-state index contributed by atoms with van der Waals surface area (Å²) >= 11 is 0. The van der Waals surface area contributed by atoms with Crippen molar-refractivity contribution in [1.29, 1.82) is 0 Å². The molecule has 6 rings (SSSR count). The van der Waals surface area contributed by atoms with E-state index in [-0.39, 0.29) is 17.9 Å². The van der Waals surface area contributed by atoms with Gasteiger partial charge in [0.15, 0.2) is 17.3 Å². The zero-order valence-electron chi connectivity index (χ0n) is 26.4. The number of likely N-dealkylation sites (tertiary alicyclic amines) is 1. The lowest BCUT2D eigenvalue weighted by atomic mass is 9.64. The normalized spacial score (nSPS) is 26.6. The number of likely N-dealkylation sites (N-methyl/N-ethyl adjacent to an activating group) is 1. The Kier molecular flexibility index (Phi) is 8.12. The highest BCUT2D eigenvalue weighted by Crippen LogP contribution is 2.47. The van der Waals surface area contributed by atoms with E-state index in [2.05, 4.69) is 22.0 Å². The second-order valence-electron chi connectivity index (χ2n) is 13.8. The third-order valence-electron chi connectivity index (χ3n) is 9.62. The van der Waals surface area contributed by atoms with E-state index in [0.717, 1.165) is 75.1 Å². The molecule has 1 saturated carbocycles. The van der Waals surface area contributed by atoms with Crippen LogP contribution in [0.15, 0.2) is 10.6 Å². The summed E-state index contributed by atoms with van der Waals surface area (Å²) < 4.78 is 18.0. The second-order valence-corrected chi connectivity index (χ2v) is 13.8. The Morgan fingerprint density at radius 1 is 1.09 bits per heavy atom. The fraction of sp³-hybridized carbons (Fsp3) is 0.719. The van der Waals surface area contributed by atoms with Crippen molar-refractivity contribution in [2.75, 3.05) is 44.7 Å². The highest BCUT2D eigenvalue weighted by Gasteiger charge is 2.48. The predicted octanol–water partition coefficient (Wildman–Crippen LogP) is 4.77. The number of carbonyl (C=O) groups excluding carboxylic acids is 2. The second kappa shape index (κ2) is 11.7. The first-order valence-electron chi connectivity index (χ1n) is 16.0. The molecule has 234 valence electrons. The van der Waals surface area contributed by atoms with Crippen molar-refractivity contribution in [3.63, 3.8) is 0 Å². The summed E-state index contributed by atoms with van der Waals surface area (Å²) in [5.41, 5.74) is 0.460. The molecular weight excluding hydrogens is 548 g/mol. The molecule has 0 radical (unpaired) electrons. The number of piperazine rings is 1. The summed E-state index contributed by atoms with van der Waals surface area (Å²) in [7, 11) is 2.13. The molecule has 2 aromatic heterocycles. The maximum atomic E-state index is 13.2. The van der Waals surface area contributed by atoms with Gasteiger partial charge in [-0.05, 0) is 86.2 Å². The van der Waals surface area contributed by atoms with Crippen molar-refractivity contribution in [1.82, 2.24) is 24.9 Å². The lowest BCUT2D eigenvalue weighted by molar-refractivity contribution is -0.128. The van der Waals surface area contributed by atoms with E-state index in [1.807, 2.05) is 33.8 Å². The molecule has 2 aromatic rings. The average Bonchev–Trinajstić information content (AvgIpc) is 3.59. The van der Waals surface area contributed by atoms with Gasteiger partial charge in [-0.15, -0.1) is 0 Å². The van der Waals surface area contributed by atoms with Gasteiger partial charge in [0, 0.05) is 49.8 Å². The Balaban J connectivity index is 1.30. The molecule has 0 unspecified atom stereocenters. The number of carbonyl (C=O) groups is 2. The monoisotopic (exact) mass is 594 g/mol. The minimum atomic E-state index is -0.561. The third kappa shape index (κ3) is 5.97. The number of Topliss-reactive ketones (excluding diaryl/α,β-unsaturated/α-hetero) is 1. The quantitative estimate of drug-likeness (QED) is 0.480. The van der Waals surface area contributed by atoms with Crippen LogP contribution in [0.4, 0.5) is 10.6 Å². The summed E-state index contributed by atoms with van der Waals surface area (Å²) in [5, 5.41) is 4.51.